The van der Waals surface area contributed by atoms with Gasteiger partial charge in [-0.25, -0.2) is 11.3 Å². The molecule has 0 saturated carbocycles. The first-order valence-corrected chi connectivity index (χ1v) is 11.8. The number of hydrogen-bond acceptors (Lipinski definition) is 9. The van der Waals surface area contributed by atoms with Crippen LogP contribution in [-0.4, -0.2) is 70.6 Å². The SMILES string of the molecule is CC(C)NNC(=O)C1CCOCC1.COC(=O)C1CCOCC1.NNC(=O)C1CCOCC1. The molecule has 0 unspecified atom stereocenters. The third-order valence-electron chi connectivity index (χ3n) is 5.57. The van der Waals surface area contributed by atoms with Crippen molar-refractivity contribution in [2.45, 2.75) is 58.4 Å². The Morgan fingerprint density at radius 2 is 1.15 bits per heavy atom. The molecule has 33 heavy (non-hydrogen) atoms. The summed E-state index contributed by atoms with van der Waals surface area (Å²) in [7, 11) is 1.43. The zero-order chi connectivity index (χ0) is 24.5. The zero-order valence-electron chi connectivity index (χ0n) is 20.2. The molecule has 0 aliphatic carbocycles. The van der Waals surface area contributed by atoms with Crippen LogP contribution in [0.2, 0.25) is 0 Å². The van der Waals surface area contributed by atoms with Gasteiger partial charge in [0.15, 0.2) is 0 Å². The van der Waals surface area contributed by atoms with Crippen LogP contribution >= 0.6 is 0 Å². The van der Waals surface area contributed by atoms with Gasteiger partial charge < -0.3 is 18.9 Å². The lowest BCUT2D eigenvalue weighted by molar-refractivity contribution is -0.148. The van der Waals surface area contributed by atoms with E-state index in [-0.39, 0.29) is 41.6 Å². The molecule has 3 rings (SSSR count). The summed E-state index contributed by atoms with van der Waals surface area (Å²) in [5.41, 5.74) is 7.75. The van der Waals surface area contributed by atoms with E-state index in [0.717, 1.165) is 38.5 Å². The van der Waals surface area contributed by atoms with E-state index in [1.54, 1.807) is 0 Å². The van der Waals surface area contributed by atoms with Gasteiger partial charge in [-0.3, -0.25) is 25.2 Å². The second-order valence-corrected chi connectivity index (χ2v) is 8.48. The molecule has 2 amide bonds. The van der Waals surface area contributed by atoms with E-state index in [4.69, 9.17) is 20.1 Å². The smallest absolute Gasteiger partial charge is 0.308 e. The minimum atomic E-state index is -0.0942. The van der Waals surface area contributed by atoms with Gasteiger partial charge in [0.25, 0.3) is 0 Å². The molecule has 0 aromatic heterocycles. The Morgan fingerprint density at radius 3 is 1.52 bits per heavy atom. The fourth-order valence-electron chi connectivity index (χ4n) is 3.45. The average molecular weight is 475 g/mol. The van der Waals surface area contributed by atoms with Crippen molar-refractivity contribution in [2.24, 2.45) is 23.6 Å². The van der Waals surface area contributed by atoms with Gasteiger partial charge >= 0.3 is 5.97 Å². The second kappa shape index (κ2) is 17.7. The van der Waals surface area contributed by atoms with E-state index in [2.05, 4.69) is 21.0 Å². The molecule has 11 heteroatoms. The summed E-state index contributed by atoms with van der Waals surface area (Å²) >= 11 is 0. The molecule has 192 valence electrons. The monoisotopic (exact) mass is 474 g/mol. The molecular weight excluding hydrogens is 432 g/mol. The van der Waals surface area contributed by atoms with Crippen molar-refractivity contribution in [1.82, 2.24) is 16.3 Å². The van der Waals surface area contributed by atoms with Gasteiger partial charge in [-0.05, 0) is 52.4 Å². The number of nitrogens with one attached hydrogen (secondary N) is 3. The Morgan fingerprint density at radius 1 is 0.758 bits per heavy atom. The average Bonchev–Trinajstić information content (AvgIpc) is 2.88. The maximum atomic E-state index is 11.5. The van der Waals surface area contributed by atoms with E-state index >= 15 is 0 Å². The first-order chi connectivity index (χ1) is 15.9. The van der Waals surface area contributed by atoms with Gasteiger partial charge in [0.05, 0.1) is 13.0 Å². The van der Waals surface area contributed by atoms with Crippen LogP contribution in [0.15, 0.2) is 0 Å². The number of nitrogens with two attached hydrogens (primary N) is 1. The third-order valence-corrected chi connectivity index (χ3v) is 5.57. The van der Waals surface area contributed by atoms with Crippen molar-refractivity contribution in [3.8, 4) is 0 Å². The summed E-state index contributed by atoms with van der Waals surface area (Å²) in [6, 6.07) is 0.281. The number of ether oxygens (including phenoxy) is 4. The van der Waals surface area contributed by atoms with Gasteiger partial charge in [-0.1, -0.05) is 0 Å². The number of hydrazine groups is 2. The van der Waals surface area contributed by atoms with Crippen LogP contribution in [0.3, 0.4) is 0 Å². The highest BCUT2D eigenvalue weighted by Gasteiger charge is 2.22. The molecule has 3 fully saturated rings. The largest absolute Gasteiger partial charge is 0.469 e. The van der Waals surface area contributed by atoms with E-state index in [9.17, 15) is 14.4 Å². The number of amides is 2. The van der Waals surface area contributed by atoms with E-state index in [1.807, 2.05) is 13.8 Å². The molecule has 0 aromatic rings. The zero-order valence-corrected chi connectivity index (χ0v) is 20.2. The summed E-state index contributed by atoms with van der Waals surface area (Å²) in [5.74, 6) is 5.17. The predicted octanol–water partition coefficient (Wildman–Crippen LogP) is 0.431. The maximum Gasteiger partial charge on any atom is 0.308 e. The maximum absolute atomic E-state index is 11.5. The lowest BCUT2D eigenvalue weighted by Crippen LogP contribution is -2.45. The summed E-state index contributed by atoms with van der Waals surface area (Å²) < 4.78 is 19.9. The minimum Gasteiger partial charge on any atom is -0.469 e. The number of carbonyl (C=O) groups is 3. The lowest BCUT2D eigenvalue weighted by atomic mass is 10.00. The van der Waals surface area contributed by atoms with Gasteiger partial charge in [-0.15, -0.1) is 0 Å². The first-order valence-electron chi connectivity index (χ1n) is 11.8. The van der Waals surface area contributed by atoms with Crippen LogP contribution < -0.4 is 22.1 Å². The minimum absolute atomic E-state index is 0.0664. The Balaban J connectivity index is 0.000000251. The van der Waals surface area contributed by atoms with Gasteiger partial charge in [-0.2, -0.15) is 0 Å². The highest BCUT2D eigenvalue weighted by molar-refractivity contribution is 5.78. The van der Waals surface area contributed by atoms with Crippen molar-refractivity contribution in [3.05, 3.63) is 0 Å². The van der Waals surface area contributed by atoms with E-state index < -0.39 is 0 Å². The van der Waals surface area contributed by atoms with Gasteiger partial charge in [0.1, 0.15) is 0 Å². The Labute approximate surface area is 196 Å². The Kier molecular flexibility index (Phi) is 15.6. The second-order valence-electron chi connectivity index (χ2n) is 8.48. The first kappa shape index (κ1) is 29.2. The van der Waals surface area contributed by atoms with Crippen molar-refractivity contribution < 1.29 is 33.3 Å². The third kappa shape index (κ3) is 12.9. The Bertz CT molecular complexity index is 529. The predicted molar refractivity (Wildman–Crippen MR) is 121 cm³/mol. The topological polar surface area (TPSA) is 150 Å². The molecule has 5 N–H and O–H groups in total. The van der Waals surface area contributed by atoms with E-state index in [0.29, 0.717) is 39.6 Å². The van der Waals surface area contributed by atoms with Crippen LogP contribution in [0, 0.1) is 17.8 Å². The summed E-state index contributed by atoms with van der Waals surface area (Å²) in [6.45, 7) is 8.14. The fraction of sp³-hybridized carbons (Fsp3) is 0.864. The van der Waals surface area contributed by atoms with E-state index in [1.165, 1.54) is 7.11 Å². The summed E-state index contributed by atoms with van der Waals surface area (Å²) in [5, 5.41) is 0. The molecule has 0 atom stereocenters. The van der Waals surface area contributed by atoms with Crippen molar-refractivity contribution in [1.29, 1.82) is 0 Å². The van der Waals surface area contributed by atoms with Crippen LogP contribution in [0.25, 0.3) is 0 Å². The normalized spacial score (nSPS) is 19.9. The highest BCUT2D eigenvalue weighted by Crippen LogP contribution is 2.16. The summed E-state index contributed by atoms with van der Waals surface area (Å²) in [6.07, 6.45) is 4.89. The molecular formula is C22H42N4O7. The van der Waals surface area contributed by atoms with Gasteiger partial charge in [0, 0.05) is 57.5 Å². The van der Waals surface area contributed by atoms with Crippen LogP contribution in [0.5, 0.6) is 0 Å². The molecule has 0 aromatic carbocycles. The number of rotatable bonds is 5. The summed E-state index contributed by atoms with van der Waals surface area (Å²) in [4.78, 5) is 33.2. The molecule has 3 saturated heterocycles. The van der Waals surface area contributed by atoms with Gasteiger partial charge in [0.2, 0.25) is 11.8 Å². The van der Waals surface area contributed by atoms with Crippen molar-refractivity contribution >= 4 is 17.8 Å². The van der Waals surface area contributed by atoms with Crippen LogP contribution in [-0.2, 0) is 33.3 Å². The molecule has 3 heterocycles. The lowest BCUT2D eigenvalue weighted by Gasteiger charge is -2.21. The molecule has 3 aliphatic heterocycles. The fourth-order valence-corrected chi connectivity index (χ4v) is 3.45. The molecule has 0 bridgehead atoms. The molecule has 0 radical (unpaired) electrons. The van der Waals surface area contributed by atoms with Crippen LogP contribution in [0.1, 0.15) is 52.4 Å². The number of esters is 1. The van der Waals surface area contributed by atoms with Crippen LogP contribution in [0.4, 0.5) is 0 Å². The molecule has 0 spiro atoms. The Hall–Kier alpha value is -1.79. The highest BCUT2D eigenvalue weighted by atomic mass is 16.5. The van der Waals surface area contributed by atoms with Crippen molar-refractivity contribution in [2.75, 3.05) is 46.8 Å². The number of carbonyl (C=O) groups excluding carboxylic acids is 3. The number of hydrogen-bond donors (Lipinski definition) is 4. The standard InChI is InChI=1S/C9H18N2O2.C7H12O3.C6H12N2O2/c1-7(2)10-11-9(12)8-3-5-13-6-4-8;1-9-7(8)6-2-4-10-5-3-6;7-8-6(9)5-1-3-10-4-2-5/h7-8,10H,3-6H2,1-2H3,(H,11,12);6H,2-5H2,1H3;5H,1-4,7H2,(H,8,9). The molecule has 3 aliphatic rings. The number of methoxy groups -OCH3 is 1. The van der Waals surface area contributed by atoms with Crippen molar-refractivity contribution in [3.63, 3.8) is 0 Å². The quantitative estimate of drug-likeness (QED) is 0.192. The molecule has 11 nitrogen and oxygen atoms in total.